The van der Waals surface area contributed by atoms with Gasteiger partial charge in [0.25, 0.3) is 0 Å². The summed E-state index contributed by atoms with van der Waals surface area (Å²) in [6, 6.07) is 9.58. The second kappa shape index (κ2) is 6.38. The Kier molecular flexibility index (Phi) is 4.57. The van der Waals surface area contributed by atoms with Crippen molar-refractivity contribution >= 4 is 15.9 Å². The molecule has 2 saturated heterocycles. The normalized spacial score (nSPS) is 25.8. The van der Waals surface area contributed by atoms with E-state index in [9.17, 15) is 0 Å². The Bertz CT molecular complexity index is 398. The van der Waals surface area contributed by atoms with E-state index in [0.29, 0.717) is 0 Å². The molecule has 2 nitrogen and oxygen atoms in total. The monoisotopic (exact) mass is 322 g/mol. The summed E-state index contributed by atoms with van der Waals surface area (Å²) in [5.74, 6) is 0. The molecule has 0 aliphatic carbocycles. The van der Waals surface area contributed by atoms with Gasteiger partial charge >= 0.3 is 0 Å². The third-order valence-electron chi connectivity index (χ3n) is 4.47. The van der Waals surface area contributed by atoms with Crippen LogP contribution in [0.4, 0.5) is 0 Å². The minimum Gasteiger partial charge on any atom is -0.299 e. The van der Waals surface area contributed by atoms with Crippen LogP contribution in [0.3, 0.4) is 0 Å². The van der Waals surface area contributed by atoms with Crippen LogP contribution < -0.4 is 0 Å². The lowest BCUT2D eigenvalue weighted by molar-refractivity contribution is 0.161. The zero-order valence-electron chi connectivity index (χ0n) is 11.5. The molecule has 0 saturated carbocycles. The van der Waals surface area contributed by atoms with Gasteiger partial charge < -0.3 is 0 Å². The van der Waals surface area contributed by atoms with E-state index in [2.05, 4.69) is 50.0 Å². The number of rotatable bonds is 3. The van der Waals surface area contributed by atoms with Crippen LogP contribution in [0, 0.1) is 0 Å². The Labute approximate surface area is 124 Å². The summed E-state index contributed by atoms with van der Waals surface area (Å²) in [7, 11) is 0. The second-order valence-corrected chi connectivity index (χ2v) is 6.82. The predicted molar refractivity (Wildman–Crippen MR) is 83.2 cm³/mol. The second-order valence-electron chi connectivity index (χ2n) is 5.90. The summed E-state index contributed by atoms with van der Waals surface area (Å²) in [4.78, 5) is 5.34. The highest BCUT2D eigenvalue weighted by Crippen LogP contribution is 2.22. The fourth-order valence-electron chi connectivity index (χ4n) is 3.39. The summed E-state index contributed by atoms with van der Waals surface area (Å²) in [5, 5.41) is 0. The first-order valence-corrected chi connectivity index (χ1v) is 8.31. The van der Waals surface area contributed by atoms with Gasteiger partial charge in [-0.3, -0.25) is 9.80 Å². The first kappa shape index (κ1) is 13.6. The molecule has 0 amide bonds. The maximum atomic E-state index is 3.50. The first-order chi connectivity index (χ1) is 9.31. The molecule has 2 aliphatic rings. The smallest absolute Gasteiger partial charge is 0.0235 e. The predicted octanol–water partition coefficient (Wildman–Crippen LogP) is 3.51. The SMILES string of the molecule is Brc1ccc(CN2CCC(N3CCCCC3)C2)cc1. The quantitative estimate of drug-likeness (QED) is 0.840. The highest BCUT2D eigenvalue weighted by Gasteiger charge is 2.28. The van der Waals surface area contributed by atoms with E-state index in [1.54, 1.807) is 0 Å². The third-order valence-corrected chi connectivity index (χ3v) is 5.00. The molecule has 3 rings (SSSR count). The van der Waals surface area contributed by atoms with E-state index < -0.39 is 0 Å². The highest BCUT2D eigenvalue weighted by atomic mass is 79.9. The molecular formula is C16H23BrN2. The number of hydrogen-bond acceptors (Lipinski definition) is 2. The van der Waals surface area contributed by atoms with Gasteiger partial charge in [0.05, 0.1) is 0 Å². The van der Waals surface area contributed by atoms with Crippen LogP contribution in [0.1, 0.15) is 31.2 Å². The minimum atomic E-state index is 0.816. The van der Waals surface area contributed by atoms with Crippen LogP contribution in [0.5, 0.6) is 0 Å². The lowest BCUT2D eigenvalue weighted by Gasteiger charge is -2.32. The molecule has 1 aromatic carbocycles. The molecule has 1 atom stereocenters. The molecule has 0 spiro atoms. The van der Waals surface area contributed by atoms with Crippen molar-refractivity contribution in [3.8, 4) is 0 Å². The van der Waals surface area contributed by atoms with E-state index in [0.717, 1.165) is 12.6 Å². The summed E-state index contributed by atoms with van der Waals surface area (Å²) in [6.07, 6.45) is 5.61. The van der Waals surface area contributed by atoms with Crippen LogP contribution in [0.15, 0.2) is 28.7 Å². The summed E-state index contributed by atoms with van der Waals surface area (Å²) in [5.41, 5.74) is 1.43. The van der Waals surface area contributed by atoms with Crippen LogP contribution in [0.2, 0.25) is 0 Å². The summed E-state index contributed by atoms with van der Waals surface area (Å²) < 4.78 is 1.17. The van der Waals surface area contributed by atoms with Gasteiger partial charge in [-0.1, -0.05) is 34.5 Å². The van der Waals surface area contributed by atoms with Crippen molar-refractivity contribution in [2.45, 2.75) is 38.3 Å². The average molecular weight is 323 g/mol. The van der Waals surface area contributed by atoms with Crippen molar-refractivity contribution in [2.75, 3.05) is 26.2 Å². The van der Waals surface area contributed by atoms with Gasteiger partial charge in [0.1, 0.15) is 0 Å². The van der Waals surface area contributed by atoms with Gasteiger partial charge in [0.2, 0.25) is 0 Å². The molecule has 19 heavy (non-hydrogen) atoms. The van der Waals surface area contributed by atoms with Gasteiger partial charge in [-0.2, -0.15) is 0 Å². The van der Waals surface area contributed by atoms with Crippen molar-refractivity contribution in [1.82, 2.24) is 9.80 Å². The zero-order chi connectivity index (χ0) is 13.1. The Morgan fingerprint density at radius 1 is 1.00 bits per heavy atom. The number of benzene rings is 1. The molecule has 1 unspecified atom stereocenters. The Morgan fingerprint density at radius 2 is 1.74 bits per heavy atom. The minimum absolute atomic E-state index is 0.816. The fraction of sp³-hybridized carbons (Fsp3) is 0.625. The maximum Gasteiger partial charge on any atom is 0.0235 e. The van der Waals surface area contributed by atoms with E-state index >= 15 is 0 Å². The molecule has 2 fully saturated rings. The molecule has 1 aromatic rings. The van der Waals surface area contributed by atoms with Gasteiger partial charge in [-0.25, -0.2) is 0 Å². The topological polar surface area (TPSA) is 6.48 Å². The molecule has 0 aromatic heterocycles. The lowest BCUT2D eigenvalue weighted by atomic mass is 10.1. The Morgan fingerprint density at radius 3 is 2.47 bits per heavy atom. The summed E-state index contributed by atoms with van der Waals surface area (Å²) >= 11 is 3.50. The van der Waals surface area contributed by atoms with Gasteiger partial charge in [0, 0.05) is 30.1 Å². The molecule has 0 bridgehead atoms. The zero-order valence-corrected chi connectivity index (χ0v) is 13.1. The molecule has 2 heterocycles. The van der Waals surface area contributed by atoms with E-state index in [1.165, 1.54) is 61.9 Å². The van der Waals surface area contributed by atoms with Gasteiger partial charge in [0.15, 0.2) is 0 Å². The van der Waals surface area contributed by atoms with Crippen LogP contribution in [0.25, 0.3) is 0 Å². The van der Waals surface area contributed by atoms with E-state index in [1.807, 2.05) is 0 Å². The van der Waals surface area contributed by atoms with Crippen molar-refractivity contribution in [3.05, 3.63) is 34.3 Å². The van der Waals surface area contributed by atoms with Crippen molar-refractivity contribution in [1.29, 1.82) is 0 Å². The van der Waals surface area contributed by atoms with Gasteiger partial charge in [-0.05, 0) is 50.0 Å². The number of nitrogens with zero attached hydrogens (tertiary/aromatic N) is 2. The standard InChI is InChI=1S/C16H23BrN2/c17-15-6-4-14(5-7-15)12-18-11-8-16(13-18)19-9-2-1-3-10-19/h4-7,16H,1-3,8-13H2. The largest absolute Gasteiger partial charge is 0.299 e. The number of piperidine rings is 1. The highest BCUT2D eigenvalue weighted by molar-refractivity contribution is 9.10. The van der Waals surface area contributed by atoms with Gasteiger partial charge in [-0.15, -0.1) is 0 Å². The van der Waals surface area contributed by atoms with Crippen molar-refractivity contribution in [2.24, 2.45) is 0 Å². The number of halogens is 1. The fourth-order valence-corrected chi connectivity index (χ4v) is 3.65. The van der Waals surface area contributed by atoms with Crippen molar-refractivity contribution in [3.63, 3.8) is 0 Å². The van der Waals surface area contributed by atoms with E-state index in [4.69, 9.17) is 0 Å². The Balaban J connectivity index is 1.52. The molecule has 2 aliphatic heterocycles. The molecular weight excluding hydrogens is 300 g/mol. The molecule has 3 heteroatoms. The number of likely N-dealkylation sites (tertiary alicyclic amines) is 2. The van der Waals surface area contributed by atoms with Crippen molar-refractivity contribution < 1.29 is 0 Å². The third kappa shape index (κ3) is 3.59. The maximum absolute atomic E-state index is 3.50. The molecule has 0 radical (unpaired) electrons. The van der Waals surface area contributed by atoms with Crippen LogP contribution in [-0.2, 0) is 6.54 Å². The number of hydrogen-bond donors (Lipinski definition) is 0. The van der Waals surface area contributed by atoms with Crippen LogP contribution >= 0.6 is 15.9 Å². The lowest BCUT2D eigenvalue weighted by Crippen LogP contribution is -2.40. The molecule has 0 N–H and O–H groups in total. The van der Waals surface area contributed by atoms with E-state index in [-0.39, 0.29) is 0 Å². The van der Waals surface area contributed by atoms with Crippen LogP contribution in [-0.4, -0.2) is 42.0 Å². The average Bonchev–Trinajstić information content (AvgIpc) is 2.91. The molecule has 104 valence electrons. The Hall–Kier alpha value is -0.380. The summed E-state index contributed by atoms with van der Waals surface area (Å²) in [6.45, 7) is 6.29. The first-order valence-electron chi connectivity index (χ1n) is 7.52.